The number of rotatable bonds is 3. The fourth-order valence-corrected chi connectivity index (χ4v) is 2.38. The number of benzene rings is 1. The van der Waals surface area contributed by atoms with Crippen LogP contribution in [-0.4, -0.2) is 4.98 Å². The lowest BCUT2D eigenvalue weighted by molar-refractivity contribution is 0.985. The summed E-state index contributed by atoms with van der Waals surface area (Å²) in [5.74, 6) is 0. The monoisotopic (exact) mass is 203 g/mol. The molecule has 14 heavy (non-hydrogen) atoms. The van der Waals surface area contributed by atoms with E-state index in [0.717, 1.165) is 18.4 Å². The van der Waals surface area contributed by atoms with E-state index in [2.05, 4.69) is 42.3 Å². The van der Waals surface area contributed by atoms with E-state index in [4.69, 9.17) is 0 Å². The van der Waals surface area contributed by atoms with E-state index >= 15 is 0 Å². The van der Waals surface area contributed by atoms with Crippen molar-refractivity contribution in [2.75, 3.05) is 0 Å². The molecule has 1 nitrogen and oxygen atoms in total. The zero-order valence-corrected chi connectivity index (χ0v) is 9.05. The fraction of sp³-hybridized carbons (Fsp3) is 0.250. The van der Waals surface area contributed by atoms with Gasteiger partial charge in [-0.2, -0.15) is 0 Å². The van der Waals surface area contributed by atoms with Crippen molar-refractivity contribution in [1.29, 1.82) is 0 Å². The molecule has 0 N–H and O–H groups in total. The van der Waals surface area contributed by atoms with E-state index in [9.17, 15) is 0 Å². The molecule has 0 saturated carbocycles. The summed E-state index contributed by atoms with van der Waals surface area (Å²) in [5.41, 5.74) is 1.13. The van der Waals surface area contributed by atoms with Crippen LogP contribution in [-0.2, 0) is 6.42 Å². The second-order valence-corrected chi connectivity index (χ2v) is 4.30. The molecule has 0 amide bonds. The summed E-state index contributed by atoms with van der Waals surface area (Å²) >= 11 is 1.80. The van der Waals surface area contributed by atoms with Crippen molar-refractivity contribution in [3.63, 3.8) is 0 Å². The molecule has 0 unspecified atom stereocenters. The molecule has 72 valence electrons. The van der Waals surface area contributed by atoms with Gasteiger partial charge < -0.3 is 0 Å². The van der Waals surface area contributed by atoms with Gasteiger partial charge in [-0.25, -0.2) is 4.98 Å². The first kappa shape index (κ1) is 9.41. The molecule has 0 fully saturated rings. The minimum Gasteiger partial charge on any atom is -0.241 e. The van der Waals surface area contributed by atoms with Crippen molar-refractivity contribution >= 4 is 21.6 Å². The Morgan fingerprint density at radius 1 is 1.36 bits per heavy atom. The number of para-hydroxylation sites is 1. The van der Waals surface area contributed by atoms with Crippen LogP contribution >= 0.6 is 11.3 Å². The number of hydrogen-bond donors (Lipinski definition) is 0. The summed E-state index contributed by atoms with van der Waals surface area (Å²) in [6.45, 7) is 2.05. The molecule has 0 bridgehead atoms. The van der Waals surface area contributed by atoms with Gasteiger partial charge in [0.1, 0.15) is 0 Å². The Morgan fingerprint density at radius 3 is 3.00 bits per heavy atom. The van der Waals surface area contributed by atoms with Crippen LogP contribution in [0.15, 0.2) is 36.4 Å². The van der Waals surface area contributed by atoms with Gasteiger partial charge in [0.2, 0.25) is 0 Å². The lowest BCUT2D eigenvalue weighted by Gasteiger charge is -1.87. The van der Waals surface area contributed by atoms with Crippen LogP contribution in [0.25, 0.3) is 10.2 Å². The largest absolute Gasteiger partial charge is 0.241 e. The first-order chi connectivity index (χ1) is 6.90. The summed E-state index contributed by atoms with van der Waals surface area (Å²) in [7, 11) is 0. The maximum Gasteiger partial charge on any atom is 0.0941 e. The number of thiazole rings is 1. The number of fused-ring (bicyclic) bond motifs is 1. The van der Waals surface area contributed by atoms with E-state index in [1.54, 1.807) is 11.3 Å². The van der Waals surface area contributed by atoms with Crippen molar-refractivity contribution < 1.29 is 0 Å². The smallest absolute Gasteiger partial charge is 0.0941 e. The van der Waals surface area contributed by atoms with Crippen LogP contribution in [0.3, 0.4) is 0 Å². The number of aryl methyl sites for hydroxylation is 1. The first-order valence-corrected chi connectivity index (χ1v) is 5.67. The lowest BCUT2D eigenvalue weighted by Crippen LogP contribution is -1.79. The van der Waals surface area contributed by atoms with Crippen LogP contribution in [0.2, 0.25) is 0 Å². The van der Waals surface area contributed by atoms with Crippen molar-refractivity contribution in [1.82, 2.24) is 4.98 Å². The summed E-state index contributed by atoms with van der Waals surface area (Å²) in [6, 6.07) is 8.31. The second-order valence-electron chi connectivity index (χ2n) is 3.18. The lowest BCUT2D eigenvalue weighted by atomic mass is 10.3. The van der Waals surface area contributed by atoms with Crippen LogP contribution in [0.1, 0.15) is 18.4 Å². The number of allylic oxidation sites excluding steroid dienone is 2. The maximum atomic E-state index is 4.57. The Balaban J connectivity index is 2.18. The van der Waals surface area contributed by atoms with Gasteiger partial charge in [0.05, 0.1) is 15.2 Å². The van der Waals surface area contributed by atoms with Gasteiger partial charge in [-0.3, -0.25) is 0 Å². The van der Waals surface area contributed by atoms with Crippen molar-refractivity contribution in [3.05, 3.63) is 41.4 Å². The molecule has 0 saturated heterocycles. The van der Waals surface area contributed by atoms with E-state index in [1.807, 2.05) is 6.07 Å². The normalized spacial score (nSPS) is 11.5. The fourth-order valence-electron chi connectivity index (χ4n) is 1.40. The minimum atomic E-state index is 1.06. The number of nitrogens with zero attached hydrogens (tertiary/aromatic N) is 1. The minimum absolute atomic E-state index is 1.06. The molecule has 1 heterocycles. The van der Waals surface area contributed by atoms with Gasteiger partial charge in [-0.15, -0.1) is 11.3 Å². The summed E-state index contributed by atoms with van der Waals surface area (Å²) in [6.07, 6.45) is 6.43. The molecular formula is C12H13NS. The van der Waals surface area contributed by atoms with Gasteiger partial charge in [-0.05, 0) is 25.5 Å². The average molecular weight is 203 g/mol. The van der Waals surface area contributed by atoms with Gasteiger partial charge in [-0.1, -0.05) is 24.3 Å². The predicted octanol–water partition coefficient (Wildman–Crippen LogP) is 3.81. The Bertz CT molecular complexity index is 409. The highest BCUT2D eigenvalue weighted by molar-refractivity contribution is 7.18. The quantitative estimate of drug-likeness (QED) is 0.691. The standard InChI is InChI=1S/C12H13NS/c1-2-3-4-9-12-13-10-7-5-6-8-11(10)14-12/h2-3,5-8H,4,9H2,1H3. The highest BCUT2D eigenvalue weighted by Gasteiger charge is 2.00. The van der Waals surface area contributed by atoms with E-state index in [1.165, 1.54) is 9.71 Å². The molecule has 2 aromatic rings. The third-order valence-corrected chi connectivity index (χ3v) is 3.19. The third-order valence-electron chi connectivity index (χ3n) is 2.10. The van der Waals surface area contributed by atoms with Crippen LogP contribution in [0.5, 0.6) is 0 Å². The highest BCUT2D eigenvalue weighted by atomic mass is 32.1. The molecule has 0 aliphatic carbocycles. The Labute approximate surface area is 88.1 Å². The van der Waals surface area contributed by atoms with Gasteiger partial charge in [0.25, 0.3) is 0 Å². The summed E-state index contributed by atoms with van der Waals surface area (Å²) in [4.78, 5) is 4.57. The number of hydrogen-bond acceptors (Lipinski definition) is 2. The van der Waals surface area contributed by atoms with Crippen LogP contribution < -0.4 is 0 Å². The average Bonchev–Trinajstić information content (AvgIpc) is 2.60. The molecular weight excluding hydrogens is 190 g/mol. The molecule has 2 heteroatoms. The molecule has 1 aromatic carbocycles. The van der Waals surface area contributed by atoms with Crippen LogP contribution in [0, 0.1) is 0 Å². The van der Waals surface area contributed by atoms with E-state index in [0.29, 0.717) is 0 Å². The molecule has 0 spiro atoms. The first-order valence-electron chi connectivity index (χ1n) is 4.86. The SMILES string of the molecule is CC=CCCc1nc2ccccc2s1. The molecule has 0 aliphatic rings. The molecule has 0 atom stereocenters. The van der Waals surface area contributed by atoms with E-state index in [-0.39, 0.29) is 0 Å². The summed E-state index contributed by atoms with van der Waals surface area (Å²) < 4.78 is 1.29. The third kappa shape index (κ3) is 2.02. The Hall–Kier alpha value is -1.15. The number of aromatic nitrogens is 1. The summed E-state index contributed by atoms with van der Waals surface area (Å²) in [5, 5.41) is 1.24. The van der Waals surface area contributed by atoms with Gasteiger partial charge >= 0.3 is 0 Å². The van der Waals surface area contributed by atoms with Crippen molar-refractivity contribution in [2.45, 2.75) is 19.8 Å². The zero-order valence-electron chi connectivity index (χ0n) is 8.23. The van der Waals surface area contributed by atoms with Crippen LogP contribution in [0.4, 0.5) is 0 Å². The molecule has 2 rings (SSSR count). The molecule has 0 aliphatic heterocycles. The predicted molar refractivity (Wildman–Crippen MR) is 62.8 cm³/mol. The molecule has 1 aromatic heterocycles. The highest BCUT2D eigenvalue weighted by Crippen LogP contribution is 2.22. The van der Waals surface area contributed by atoms with Crippen molar-refractivity contribution in [2.24, 2.45) is 0 Å². The van der Waals surface area contributed by atoms with Gasteiger partial charge in [0.15, 0.2) is 0 Å². The van der Waals surface area contributed by atoms with Crippen molar-refractivity contribution in [3.8, 4) is 0 Å². The topological polar surface area (TPSA) is 12.9 Å². The molecule has 0 radical (unpaired) electrons. The maximum absolute atomic E-state index is 4.57. The Morgan fingerprint density at radius 2 is 2.21 bits per heavy atom. The zero-order chi connectivity index (χ0) is 9.80. The Kier molecular flexibility index (Phi) is 2.94. The van der Waals surface area contributed by atoms with E-state index < -0.39 is 0 Å². The second kappa shape index (κ2) is 4.38. The van der Waals surface area contributed by atoms with Gasteiger partial charge in [0, 0.05) is 6.42 Å².